The summed E-state index contributed by atoms with van der Waals surface area (Å²) in [5.41, 5.74) is 3.41. The topological polar surface area (TPSA) is 44.1 Å². The Hall–Kier alpha value is -2.11. The SMILES string of the molecule is COCCn1c(SCc2ccc(C(C)(C)C)cc2)nc2ccccc2c1=O. The molecule has 0 unspecified atom stereocenters. The number of benzene rings is 2. The first-order valence-electron chi connectivity index (χ1n) is 9.11. The third-order valence-electron chi connectivity index (χ3n) is 4.53. The molecule has 0 atom stereocenters. The lowest BCUT2D eigenvalue weighted by Crippen LogP contribution is -2.25. The van der Waals surface area contributed by atoms with Crippen molar-refractivity contribution >= 4 is 22.7 Å². The lowest BCUT2D eigenvalue weighted by molar-refractivity contribution is 0.183. The number of fused-ring (bicyclic) bond motifs is 1. The highest BCUT2D eigenvalue weighted by Gasteiger charge is 2.14. The molecule has 0 aliphatic rings. The van der Waals surface area contributed by atoms with Crippen molar-refractivity contribution in [3.05, 3.63) is 70.0 Å². The fourth-order valence-corrected chi connectivity index (χ4v) is 3.87. The minimum absolute atomic E-state index is 0.0109. The van der Waals surface area contributed by atoms with E-state index >= 15 is 0 Å². The van der Waals surface area contributed by atoms with Crippen LogP contribution in [0.1, 0.15) is 31.9 Å². The normalized spacial score (nSPS) is 11.9. The Morgan fingerprint density at radius 1 is 1.07 bits per heavy atom. The van der Waals surface area contributed by atoms with Crippen LogP contribution in [0.4, 0.5) is 0 Å². The summed E-state index contributed by atoms with van der Waals surface area (Å²) in [6, 6.07) is 16.2. The number of nitrogens with zero attached hydrogens (tertiary/aromatic N) is 2. The summed E-state index contributed by atoms with van der Waals surface area (Å²) in [5.74, 6) is 0.766. The second kappa shape index (κ2) is 8.28. The van der Waals surface area contributed by atoms with Gasteiger partial charge in [-0.2, -0.15) is 0 Å². The Morgan fingerprint density at radius 2 is 1.78 bits per heavy atom. The van der Waals surface area contributed by atoms with Crippen LogP contribution in [-0.2, 0) is 22.4 Å². The molecular weight excluding hydrogens is 356 g/mol. The van der Waals surface area contributed by atoms with Gasteiger partial charge >= 0.3 is 0 Å². The molecule has 0 bridgehead atoms. The summed E-state index contributed by atoms with van der Waals surface area (Å²) >= 11 is 1.59. The van der Waals surface area contributed by atoms with Gasteiger partial charge in [0.25, 0.3) is 5.56 Å². The molecule has 0 saturated heterocycles. The van der Waals surface area contributed by atoms with Crippen LogP contribution in [0.25, 0.3) is 10.9 Å². The van der Waals surface area contributed by atoms with Gasteiger partial charge < -0.3 is 4.74 Å². The molecule has 0 N–H and O–H groups in total. The average molecular weight is 383 g/mol. The Bertz CT molecular complexity index is 972. The van der Waals surface area contributed by atoms with Crippen molar-refractivity contribution in [3.63, 3.8) is 0 Å². The summed E-state index contributed by atoms with van der Waals surface area (Å²) < 4.78 is 6.90. The van der Waals surface area contributed by atoms with Crippen molar-refractivity contribution in [2.45, 2.75) is 43.6 Å². The molecule has 2 aromatic carbocycles. The van der Waals surface area contributed by atoms with Gasteiger partial charge in [-0.15, -0.1) is 0 Å². The number of methoxy groups -OCH3 is 1. The molecule has 0 spiro atoms. The van der Waals surface area contributed by atoms with Gasteiger partial charge in [0.15, 0.2) is 5.16 Å². The standard InChI is InChI=1S/C22H26N2O2S/c1-22(2,3)17-11-9-16(10-12-17)15-27-21-23-19-8-6-5-7-18(19)20(25)24(21)13-14-26-4/h5-12H,13-15H2,1-4H3. The Labute approximate surface area is 164 Å². The average Bonchev–Trinajstić information content (AvgIpc) is 2.65. The highest BCUT2D eigenvalue weighted by atomic mass is 32.2. The molecule has 5 heteroatoms. The predicted molar refractivity (Wildman–Crippen MR) is 113 cm³/mol. The summed E-state index contributed by atoms with van der Waals surface area (Å²) in [4.78, 5) is 17.6. The van der Waals surface area contributed by atoms with Gasteiger partial charge in [0.1, 0.15) is 0 Å². The van der Waals surface area contributed by atoms with E-state index in [-0.39, 0.29) is 11.0 Å². The molecule has 1 aromatic heterocycles. The number of aromatic nitrogens is 2. The van der Waals surface area contributed by atoms with Crippen molar-refractivity contribution in [1.29, 1.82) is 0 Å². The first-order chi connectivity index (χ1) is 12.9. The largest absolute Gasteiger partial charge is 0.383 e. The van der Waals surface area contributed by atoms with E-state index in [4.69, 9.17) is 9.72 Å². The highest BCUT2D eigenvalue weighted by Crippen LogP contribution is 2.25. The van der Waals surface area contributed by atoms with Gasteiger partial charge in [-0.1, -0.05) is 68.9 Å². The van der Waals surface area contributed by atoms with Gasteiger partial charge in [0.05, 0.1) is 24.1 Å². The van der Waals surface area contributed by atoms with E-state index in [1.54, 1.807) is 23.4 Å². The lowest BCUT2D eigenvalue weighted by Gasteiger charge is -2.19. The number of hydrogen-bond donors (Lipinski definition) is 0. The quantitative estimate of drug-likeness (QED) is 0.460. The molecule has 1 heterocycles. The molecular formula is C22H26N2O2S. The number of ether oxygens (including phenoxy) is 1. The molecule has 0 aliphatic carbocycles. The van der Waals surface area contributed by atoms with Crippen LogP contribution < -0.4 is 5.56 Å². The molecule has 3 rings (SSSR count). The second-order valence-electron chi connectivity index (χ2n) is 7.60. The van der Waals surface area contributed by atoms with Gasteiger partial charge in [0, 0.05) is 12.9 Å². The van der Waals surface area contributed by atoms with Crippen LogP contribution in [0.15, 0.2) is 58.5 Å². The highest BCUT2D eigenvalue weighted by molar-refractivity contribution is 7.98. The van der Waals surface area contributed by atoms with Gasteiger partial charge in [-0.25, -0.2) is 4.98 Å². The van der Waals surface area contributed by atoms with E-state index in [0.29, 0.717) is 18.5 Å². The molecule has 0 amide bonds. The van der Waals surface area contributed by atoms with Crippen molar-refractivity contribution in [2.24, 2.45) is 0 Å². The molecule has 0 aliphatic heterocycles. The molecule has 0 saturated carbocycles. The molecule has 0 radical (unpaired) electrons. The molecule has 3 aromatic rings. The number of para-hydroxylation sites is 1. The van der Waals surface area contributed by atoms with Crippen molar-refractivity contribution < 1.29 is 4.74 Å². The minimum atomic E-state index is -0.0109. The van der Waals surface area contributed by atoms with E-state index in [2.05, 4.69) is 45.0 Å². The Morgan fingerprint density at radius 3 is 2.44 bits per heavy atom. The first kappa shape index (κ1) is 19.6. The van der Waals surface area contributed by atoms with Crippen LogP contribution >= 0.6 is 11.8 Å². The summed E-state index contributed by atoms with van der Waals surface area (Å²) in [6.07, 6.45) is 0. The Kier molecular flexibility index (Phi) is 6.02. The summed E-state index contributed by atoms with van der Waals surface area (Å²) in [5, 5.41) is 1.38. The maximum absolute atomic E-state index is 12.9. The van der Waals surface area contributed by atoms with Crippen molar-refractivity contribution in [2.75, 3.05) is 13.7 Å². The van der Waals surface area contributed by atoms with E-state index in [9.17, 15) is 4.79 Å². The number of hydrogen-bond acceptors (Lipinski definition) is 4. The fraction of sp³-hybridized carbons (Fsp3) is 0.364. The second-order valence-corrected chi connectivity index (χ2v) is 8.54. The number of rotatable bonds is 6. The summed E-state index contributed by atoms with van der Waals surface area (Å²) in [7, 11) is 1.64. The predicted octanol–water partition coefficient (Wildman–Crippen LogP) is 4.63. The van der Waals surface area contributed by atoms with Crippen LogP contribution in [0.3, 0.4) is 0 Å². The summed E-state index contributed by atoms with van der Waals surface area (Å²) in [6.45, 7) is 7.62. The third-order valence-corrected chi connectivity index (χ3v) is 5.58. The van der Waals surface area contributed by atoms with E-state index < -0.39 is 0 Å². The lowest BCUT2D eigenvalue weighted by atomic mass is 9.87. The monoisotopic (exact) mass is 382 g/mol. The zero-order valence-electron chi connectivity index (χ0n) is 16.4. The number of thioether (sulfide) groups is 1. The molecule has 142 valence electrons. The maximum Gasteiger partial charge on any atom is 0.262 e. The van der Waals surface area contributed by atoms with Crippen molar-refractivity contribution in [3.8, 4) is 0 Å². The minimum Gasteiger partial charge on any atom is -0.383 e. The fourth-order valence-electron chi connectivity index (χ4n) is 2.89. The van der Waals surface area contributed by atoms with Gasteiger partial charge in [-0.05, 0) is 28.7 Å². The first-order valence-corrected chi connectivity index (χ1v) is 10.1. The van der Waals surface area contributed by atoms with Gasteiger partial charge in [-0.3, -0.25) is 9.36 Å². The third kappa shape index (κ3) is 4.60. The van der Waals surface area contributed by atoms with Crippen LogP contribution in [-0.4, -0.2) is 23.3 Å². The van der Waals surface area contributed by atoms with Crippen LogP contribution in [0, 0.1) is 0 Å². The van der Waals surface area contributed by atoms with Crippen molar-refractivity contribution in [1.82, 2.24) is 9.55 Å². The van der Waals surface area contributed by atoms with Crippen LogP contribution in [0.2, 0.25) is 0 Å². The zero-order valence-corrected chi connectivity index (χ0v) is 17.2. The molecule has 4 nitrogen and oxygen atoms in total. The van der Waals surface area contributed by atoms with Gasteiger partial charge in [0.2, 0.25) is 0 Å². The maximum atomic E-state index is 12.9. The molecule has 0 fully saturated rings. The van der Waals surface area contributed by atoms with E-state index in [0.717, 1.165) is 16.4 Å². The zero-order chi connectivity index (χ0) is 19.4. The molecule has 27 heavy (non-hydrogen) atoms. The smallest absolute Gasteiger partial charge is 0.262 e. The van der Waals surface area contributed by atoms with Crippen LogP contribution in [0.5, 0.6) is 0 Å². The Balaban J connectivity index is 1.88. The van der Waals surface area contributed by atoms with E-state index in [1.165, 1.54) is 11.1 Å². The van der Waals surface area contributed by atoms with E-state index in [1.807, 2.05) is 24.3 Å².